The summed E-state index contributed by atoms with van der Waals surface area (Å²) in [4.78, 5) is 2.21. The van der Waals surface area contributed by atoms with E-state index >= 15 is 0 Å². The molecule has 5 nitrogen and oxygen atoms in total. The summed E-state index contributed by atoms with van der Waals surface area (Å²) < 4.78 is 5.27. The second kappa shape index (κ2) is 5.56. The minimum Gasteiger partial charge on any atom is -0.469 e. The molecular formula is C10H17N3O2S. The van der Waals surface area contributed by atoms with Crippen LogP contribution in [0.2, 0.25) is 0 Å². The molecule has 1 atom stereocenters. The molecule has 0 radical (unpaired) electrons. The topological polar surface area (TPSA) is 58.5 Å². The van der Waals surface area contributed by atoms with Crippen LogP contribution in [0, 0.1) is 0 Å². The average Bonchev–Trinajstić information content (AvgIpc) is 2.66. The number of ether oxygens (including phenoxy) is 1. The Kier molecular flexibility index (Phi) is 4.09. The second-order valence-electron chi connectivity index (χ2n) is 3.93. The zero-order valence-corrected chi connectivity index (χ0v) is 10.2. The van der Waals surface area contributed by atoms with E-state index in [-0.39, 0.29) is 6.10 Å². The van der Waals surface area contributed by atoms with Crippen LogP contribution in [0.5, 0.6) is 5.19 Å². The number of likely N-dealkylation sites (tertiary alicyclic amines) is 1. The predicted octanol–water partition coefficient (Wildman–Crippen LogP) is 0.894. The van der Waals surface area contributed by atoms with Gasteiger partial charge in [-0.2, -0.15) is 0 Å². The lowest BCUT2D eigenvalue weighted by atomic mass is 10.1. The van der Waals surface area contributed by atoms with E-state index in [0.29, 0.717) is 11.8 Å². The van der Waals surface area contributed by atoms with Gasteiger partial charge >= 0.3 is 0 Å². The Bertz CT molecular complexity index is 332. The number of piperidine rings is 1. The fourth-order valence-electron chi connectivity index (χ4n) is 1.85. The van der Waals surface area contributed by atoms with E-state index in [9.17, 15) is 5.11 Å². The molecule has 90 valence electrons. The summed E-state index contributed by atoms with van der Waals surface area (Å²) in [7, 11) is 0. The third kappa shape index (κ3) is 3.13. The van der Waals surface area contributed by atoms with Crippen LogP contribution < -0.4 is 4.74 Å². The van der Waals surface area contributed by atoms with Crippen LogP contribution in [-0.4, -0.2) is 46.0 Å². The van der Waals surface area contributed by atoms with Crippen LogP contribution in [0.25, 0.3) is 0 Å². The highest BCUT2D eigenvalue weighted by Gasteiger charge is 2.19. The monoisotopic (exact) mass is 243 g/mol. The van der Waals surface area contributed by atoms with Gasteiger partial charge < -0.3 is 9.84 Å². The summed E-state index contributed by atoms with van der Waals surface area (Å²) in [6, 6.07) is 0. The molecule has 2 heterocycles. The highest BCUT2D eigenvalue weighted by atomic mass is 32.1. The van der Waals surface area contributed by atoms with Crippen LogP contribution in [0.3, 0.4) is 0 Å². The number of rotatable bonds is 4. The maximum absolute atomic E-state index is 9.55. The van der Waals surface area contributed by atoms with E-state index in [0.717, 1.165) is 37.5 Å². The highest BCUT2D eigenvalue weighted by molar-refractivity contribution is 7.13. The van der Waals surface area contributed by atoms with Crippen molar-refractivity contribution >= 4 is 11.3 Å². The van der Waals surface area contributed by atoms with Crippen molar-refractivity contribution in [1.82, 2.24) is 15.1 Å². The fraction of sp³-hybridized carbons (Fsp3) is 0.800. The number of β-amino-alcohol motifs (C(OH)–C–C–N with tert-alkyl or cyclic N) is 1. The van der Waals surface area contributed by atoms with Gasteiger partial charge in [0.25, 0.3) is 5.19 Å². The van der Waals surface area contributed by atoms with Crippen molar-refractivity contribution < 1.29 is 9.84 Å². The van der Waals surface area contributed by atoms with Gasteiger partial charge in [-0.25, -0.2) is 0 Å². The average molecular weight is 243 g/mol. The van der Waals surface area contributed by atoms with E-state index in [1.807, 2.05) is 6.92 Å². The summed E-state index contributed by atoms with van der Waals surface area (Å²) >= 11 is 1.48. The highest BCUT2D eigenvalue weighted by Crippen LogP contribution is 2.20. The molecule has 0 spiro atoms. The summed E-state index contributed by atoms with van der Waals surface area (Å²) in [5.74, 6) is 0. The van der Waals surface area contributed by atoms with Gasteiger partial charge in [0.1, 0.15) is 5.01 Å². The maximum atomic E-state index is 9.55. The van der Waals surface area contributed by atoms with Gasteiger partial charge in [0.2, 0.25) is 0 Å². The molecule has 1 aromatic heterocycles. The lowest BCUT2D eigenvalue weighted by molar-refractivity contribution is 0.0667. The molecule has 2 rings (SSSR count). The van der Waals surface area contributed by atoms with Crippen LogP contribution in [0.1, 0.15) is 24.8 Å². The number of hydrogen-bond acceptors (Lipinski definition) is 6. The Labute approximate surface area is 99.1 Å². The molecular weight excluding hydrogens is 226 g/mol. The van der Waals surface area contributed by atoms with Crippen LogP contribution in [-0.2, 0) is 6.54 Å². The first kappa shape index (κ1) is 11.8. The van der Waals surface area contributed by atoms with Gasteiger partial charge in [0.05, 0.1) is 19.3 Å². The molecule has 1 aromatic rings. The molecule has 0 aliphatic carbocycles. The zero-order chi connectivity index (χ0) is 11.4. The Morgan fingerprint density at radius 1 is 1.56 bits per heavy atom. The normalized spacial score (nSPS) is 22.2. The standard InChI is InChI=1S/C10H17N3O2S/c1-2-15-10-12-11-9(16-10)7-13-5-3-4-8(14)6-13/h8,14H,2-7H2,1H3. The van der Waals surface area contributed by atoms with Crippen molar-refractivity contribution in [1.29, 1.82) is 0 Å². The fourth-order valence-corrected chi connectivity index (χ4v) is 2.64. The first-order valence-electron chi connectivity index (χ1n) is 5.63. The van der Waals surface area contributed by atoms with Crippen LogP contribution >= 0.6 is 11.3 Å². The SMILES string of the molecule is CCOc1nnc(CN2CCCC(O)C2)s1. The van der Waals surface area contributed by atoms with Gasteiger partial charge in [-0.1, -0.05) is 11.3 Å². The van der Waals surface area contributed by atoms with E-state index in [1.165, 1.54) is 11.3 Å². The lowest BCUT2D eigenvalue weighted by Crippen LogP contribution is -2.37. The molecule has 1 fully saturated rings. The molecule has 1 aliphatic rings. The van der Waals surface area contributed by atoms with E-state index < -0.39 is 0 Å². The zero-order valence-electron chi connectivity index (χ0n) is 9.43. The molecule has 6 heteroatoms. The van der Waals surface area contributed by atoms with Gasteiger partial charge in [-0.05, 0) is 26.3 Å². The molecule has 1 N–H and O–H groups in total. The number of nitrogens with zero attached hydrogens (tertiary/aromatic N) is 3. The van der Waals surface area contributed by atoms with E-state index in [4.69, 9.17) is 4.74 Å². The molecule has 0 bridgehead atoms. The first-order valence-corrected chi connectivity index (χ1v) is 6.45. The second-order valence-corrected chi connectivity index (χ2v) is 4.95. The van der Waals surface area contributed by atoms with E-state index in [1.54, 1.807) is 0 Å². The van der Waals surface area contributed by atoms with Gasteiger partial charge in [-0.3, -0.25) is 4.90 Å². The molecule has 0 saturated carbocycles. The minimum absolute atomic E-state index is 0.187. The van der Waals surface area contributed by atoms with Gasteiger partial charge in [0.15, 0.2) is 0 Å². The summed E-state index contributed by atoms with van der Waals surface area (Å²) in [6.07, 6.45) is 1.78. The smallest absolute Gasteiger partial charge is 0.294 e. The van der Waals surface area contributed by atoms with Gasteiger partial charge in [0, 0.05) is 6.54 Å². The van der Waals surface area contributed by atoms with E-state index in [2.05, 4.69) is 15.1 Å². The van der Waals surface area contributed by atoms with Crippen molar-refractivity contribution in [2.75, 3.05) is 19.7 Å². The number of aliphatic hydroxyl groups is 1. The lowest BCUT2D eigenvalue weighted by Gasteiger charge is -2.28. The Morgan fingerprint density at radius 3 is 3.19 bits per heavy atom. The largest absolute Gasteiger partial charge is 0.469 e. The van der Waals surface area contributed by atoms with Crippen molar-refractivity contribution in [2.45, 2.75) is 32.4 Å². The third-order valence-corrected chi connectivity index (χ3v) is 3.38. The van der Waals surface area contributed by atoms with Crippen LogP contribution in [0.4, 0.5) is 0 Å². The molecule has 0 amide bonds. The Hall–Kier alpha value is -0.720. The number of hydrogen-bond donors (Lipinski definition) is 1. The Balaban J connectivity index is 1.87. The minimum atomic E-state index is -0.187. The summed E-state index contributed by atoms with van der Waals surface area (Å²) in [5, 5.41) is 19.2. The van der Waals surface area contributed by atoms with Crippen LogP contribution in [0.15, 0.2) is 0 Å². The summed E-state index contributed by atoms with van der Waals surface area (Å²) in [5.41, 5.74) is 0. The van der Waals surface area contributed by atoms with Crippen molar-refractivity contribution in [3.8, 4) is 5.19 Å². The first-order chi connectivity index (χ1) is 7.78. The molecule has 1 unspecified atom stereocenters. The Morgan fingerprint density at radius 2 is 2.44 bits per heavy atom. The molecule has 0 aromatic carbocycles. The van der Waals surface area contributed by atoms with Crippen molar-refractivity contribution in [2.24, 2.45) is 0 Å². The number of aliphatic hydroxyl groups excluding tert-OH is 1. The number of aromatic nitrogens is 2. The predicted molar refractivity (Wildman–Crippen MR) is 61.6 cm³/mol. The van der Waals surface area contributed by atoms with Crippen molar-refractivity contribution in [3.05, 3.63) is 5.01 Å². The maximum Gasteiger partial charge on any atom is 0.294 e. The molecule has 16 heavy (non-hydrogen) atoms. The molecule has 1 aliphatic heterocycles. The summed E-state index contributed by atoms with van der Waals surface area (Å²) in [6.45, 7) is 5.09. The van der Waals surface area contributed by atoms with Crippen molar-refractivity contribution in [3.63, 3.8) is 0 Å². The van der Waals surface area contributed by atoms with Gasteiger partial charge in [-0.15, -0.1) is 10.2 Å². The molecule has 1 saturated heterocycles. The quantitative estimate of drug-likeness (QED) is 0.851. The third-order valence-electron chi connectivity index (χ3n) is 2.56.